The first-order chi connectivity index (χ1) is 12.9. The molecule has 27 heavy (non-hydrogen) atoms. The van der Waals surface area contributed by atoms with Crippen LogP contribution in [0.5, 0.6) is 0 Å². The zero-order chi connectivity index (χ0) is 19.4. The van der Waals surface area contributed by atoms with E-state index >= 15 is 0 Å². The van der Waals surface area contributed by atoms with Gasteiger partial charge in [-0.1, -0.05) is 41.4 Å². The average molecular weight is 406 g/mol. The average Bonchev–Trinajstić information content (AvgIpc) is 2.66. The van der Waals surface area contributed by atoms with E-state index in [0.717, 1.165) is 0 Å². The van der Waals surface area contributed by atoms with E-state index in [1.165, 1.54) is 6.07 Å². The number of halogens is 2. The molecule has 9 heteroatoms. The number of H-pyrrole nitrogens is 1. The van der Waals surface area contributed by atoms with Gasteiger partial charge in [-0.25, -0.2) is 5.10 Å². The summed E-state index contributed by atoms with van der Waals surface area (Å²) < 4.78 is 4.97. The predicted molar refractivity (Wildman–Crippen MR) is 102 cm³/mol. The molecule has 2 aromatic carbocycles. The van der Waals surface area contributed by atoms with Crippen LogP contribution >= 0.6 is 23.2 Å². The third kappa shape index (κ3) is 4.64. The van der Waals surface area contributed by atoms with E-state index in [1.807, 2.05) is 0 Å². The van der Waals surface area contributed by atoms with E-state index in [4.69, 9.17) is 27.9 Å². The number of aromatic amines is 1. The zero-order valence-electron chi connectivity index (χ0n) is 13.8. The minimum atomic E-state index is -0.649. The van der Waals surface area contributed by atoms with Crippen LogP contribution in [0.25, 0.3) is 10.8 Å². The molecule has 0 fully saturated rings. The van der Waals surface area contributed by atoms with Crippen molar-refractivity contribution in [3.05, 3.63) is 68.6 Å². The summed E-state index contributed by atoms with van der Waals surface area (Å²) in [4.78, 5) is 35.7. The predicted octanol–water partition coefficient (Wildman–Crippen LogP) is 2.95. The molecule has 3 rings (SSSR count). The van der Waals surface area contributed by atoms with E-state index in [9.17, 15) is 14.4 Å². The third-order valence-corrected chi connectivity index (χ3v) is 4.39. The summed E-state index contributed by atoms with van der Waals surface area (Å²) in [5, 5.41) is 10.4. The summed E-state index contributed by atoms with van der Waals surface area (Å²) in [6, 6.07) is 11.4. The fourth-order valence-electron chi connectivity index (χ4n) is 2.41. The van der Waals surface area contributed by atoms with E-state index in [2.05, 4.69) is 15.5 Å². The quantitative estimate of drug-likeness (QED) is 0.635. The Kier molecular flexibility index (Phi) is 5.73. The Morgan fingerprint density at radius 1 is 1.07 bits per heavy atom. The molecule has 0 saturated heterocycles. The Morgan fingerprint density at radius 3 is 2.56 bits per heavy atom. The first-order valence-electron chi connectivity index (χ1n) is 7.81. The normalized spacial score (nSPS) is 10.6. The molecule has 7 nitrogen and oxygen atoms in total. The zero-order valence-corrected chi connectivity index (χ0v) is 15.3. The van der Waals surface area contributed by atoms with Crippen LogP contribution in [0.15, 0.2) is 47.3 Å². The van der Waals surface area contributed by atoms with Crippen LogP contribution in [0, 0.1) is 0 Å². The second-order valence-electron chi connectivity index (χ2n) is 5.56. The second-order valence-corrected chi connectivity index (χ2v) is 6.37. The van der Waals surface area contributed by atoms with Gasteiger partial charge in [-0.15, -0.1) is 0 Å². The summed E-state index contributed by atoms with van der Waals surface area (Å²) >= 11 is 11.7. The first kappa shape index (κ1) is 18.9. The number of nitrogens with zero attached hydrogens (tertiary/aromatic N) is 1. The number of hydrogen-bond acceptors (Lipinski definition) is 5. The molecule has 1 heterocycles. The van der Waals surface area contributed by atoms with Crippen LogP contribution in [0.4, 0.5) is 5.69 Å². The lowest BCUT2D eigenvalue weighted by Crippen LogP contribution is -2.22. The van der Waals surface area contributed by atoms with Crippen molar-refractivity contribution in [3.8, 4) is 0 Å². The van der Waals surface area contributed by atoms with Crippen molar-refractivity contribution < 1.29 is 14.3 Å². The number of hydrogen-bond donors (Lipinski definition) is 2. The van der Waals surface area contributed by atoms with Crippen LogP contribution in [0.3, 0.4) is 0 Å². The number of aromatic nitrogens is 2. The highest BCUT2D eigenvalue weighted by molar-refractivity contribution is 6.42. The number of nitrogens with one attached hydrogen (secondary N) is 2. The Morgan fingerprint density at radius 2 is 1.81 bits per heavy atom. The number of rotatable bonds is 5. The topological polar surface area (TPSA) is 101 Å². The molecule has 0 bridgehead atoms. The second kappa shape index (κ2) is 8.20. The van der Waals surface area contributed by atoms with Crippen molar-refractivity contribution in [2.75, 3.05) is 11.9 Å². The Bertz CT molecular complexity index is 1080. The maximum absolute atomic E-state index is 12.0. The highest BCUT2D eigenvalue weighted by Crippen LogP contribution is 2.24. The number of esters is 1. The largest absolute Gasteiger partial charge is 0.455 e. The lowest BCUT2D eigenvalue weighted by molar-refractivity contribution is -0.146. The number of benzene rings is 2. The number of amides is 1. The lowest BCUT2D eigenvalue weighted by atomic mass is 10.1. The van der Waals surface area contributed by atoms with Crippen LogP contribution in [-0.2, 0) is 20.7 Å². The lowest BCUT2D eigenvalue weighted by Gasteiger charge is -2.08. The number of anilines is 1. The third-order valence-electron chi connectivity index (χ3n) is 3.65. The van der Waals surface area contributed by atoms with Gasteiger partial charge in [0.05, 0.1) is 27.5 Å². The fraction of sp³-hybridized carbons (Fsp3) is 0.111. The van der Waals surface area contributed by atoms with Crippen LogP contribution < -0.4 is 10.9 Å². The first-order valence-corrected chi connectivity index (χ1v) is 8.56. The van der Waals surface area contributed by atoms with Gasteiger partial charge in [-0.05, 0) is 24.3 Å². The molecule has 0 radical (unpaired) electrons. The molecule has 138 valence electrons. The van der Waals surface area contributed by atoms with Gasteiger partial charge in [-0.3, -0.25) is 14.4 Å². The maximum Gasteiger partial charge on any atom is 0.312 e. The van der Waals surface area contributed by atoms with Crippen molar-refractivity contribution in [3.63, 3.8) is 0 Å². The summed E-state index contributed by atoms with van der Waals surface area (Å²) in [6.07, 6.45) is -0.183. The molecule has 3 aromatic rings. The highest BCUT2D eigenvalue weighted by Gasteiger charge is 2.13. The fourth-order valence-corrected chi connectivity index (χ4v) is 2.71. The van der Waals surface area contributed by atoms with Gasteiger partial charge in [0, 0.05) is 11.1 Å². The number of carbonyl (C=O) groups is 2. The summed E-state index contributed by atoms with van der Waals surface area (Å²) in [5.41, 5.74) is 0.447. The minimum Gasteiger partial charge on any atom is -0.455 e. The molecule has 1 aromatic heterocycles. The van der Waals surface area contributed by atoms with E-state index in [0.29, 0.717) is 32.2 Å². The van der Waals surface area contributed by atoms with Crippen molar-refractivity contribution in [2.24, 2.45) is 0 Å². The van der Waals surface area contributed by atoms with Crippen molar-refractivity contribution >= 4 is 51.5 Å². The van der Waals surface area contributed by atoms with Gasteiger partial charge in [0.2, 0.25) is 0 Å². The number of ether oxygens (including phenoxy) is 1. The van der Waals surface area contributed by atoms with E-state index < -0.39 is 18.5 Å². The maximum atomic E-state index is 12.0. The van der Waals surface area contributed by atoms with Crippen molar-refractivity contribution in [1.29, 1.82) is 0 Å². The van der Waals surface area contributed by atoms with Crippen molar-refractivity contribution in [2.45, 2.75) is 6.42 Å². The molecular formula is C18H13Cl2N3O4. The van der Waals surface area contributed by atoms with Crippen LogP contribution in [-0.4, -0.2) is 28.7 Å². The highest BCUT2D eigenvalue weighted by atomic mass is 35.5. The molecule has 0 atom stereocenters. The molecular weight excluding hydrogens is 393 g/mol. The Balaban J connectivity index is 1.60. The molecule has 1 amide bonds. The van der Waals surface area contributed by atoms with E-state index in [1.54, 1.807) is 36.4 Å². The Labute approximate surface area is 163 Å². The van der Waals surface area contributed by atoms with Crippen molar-refractivity contribution in [1.82, 2.24) is 10.2 Å². The number of fused-ring (bicyclic) bond motifs is 1. The summed E-state index contributed by atoms with van der Waals surface area (Å²) in [7, 11) is 0. The van der Waals surface area contributed by atoms with E-state index in [-0.39, 0.29) is 12.0 Å². The van der Waals surface area contributed by atoms with Crippen LogP contribution in [0.2, 0.25) is 10.0 Å². The van der Waals surface area contributed by atoms with Gasteiger partial charge >= 0.3 is 5.97 Å². The molecule has 0 saturated carbocycles. The standard InChI is InChI=1S/C18H13Cl2N3O4/c19-13-6-5-10(7-14(13)20)21-16(24)9-27-17(25)8-15-11-3-1-2-4-12(11)18(26)23-22-15/h1-7H,8-9H2,(H,21,24)(H,23,26). The summed E-state index contributed by atoms with van der Waals surface area (Å²) in [6.45, 7) is -0.472. The van der Waals surface area contributed by atoms with Gasteiger partial charge in [0.15, 0.2) is 6.61 Å². The smallest absolute Gasteiger partial charge is 0.312 e. The molecule has 0 aliphatic heterocycles. The van der Waals surface area contributed by atoms with Gasteiger partial charge in [-0.2, -0.15) is 5.10 Å². The molecule has 2 N–H and O–H groups in total. The molecule has 0 unspecified atom stereocenters. The Hall–Kier alpha value is -2.90. The number of carbonyl (C=O) groups excluding carboxylic acids is 2. The van der Waals surface area contributed by atoms with Crippen LogP contribution in [0.1, 0.15) is 5.69 Å². The van der Waals surface area contributed by atoms with Gasteiger partial charge in [0.25, 0.3) is 11.5 Å². The SMILES string of the molecule is O=C(COC(=O)Cc1n[nH]c(=O)c2ccccc12)Nc1ccc(Cl)c(Cl)c1. The molecule has 0 aliphatic rings. The van der Waals surface area contributed by atoms with Gasteiger partial charge in [0.1, 0.15) is 0 Å². The minimum absolute atomic E-state index is 0.183. The van der Waals surface area contributed by atoms with Gasteiger partial charge < -0.3 is 10.1 Å². The molecule has 0 spiro atoms. The monoisotopic (exact) mass is 405 g/mol. The molecule has 0 aliphatic carbocycles. The summed E-state index contributed by atoms with van der Waals surface area (Å²) in [5.74, 6) is -1.18.